The number of halogens is 2. The summed E-state index contributed by atoms with van der Waals surface area (Å²) in [4.78, 5) is 0. The summed E-state index contributed by atoms with van der Waals surface area (Å²) in [6.45, 7) is 0. The quantitative estimate of drug-likeness (QED) is 0.668. The van der Waals surface area contributed by atoms with Crippen LogP contribution in [0.3, 0.4) is 0 Å². The zero-order valence-electron chi connectivity index (χ0n) is 4.50. The third-order valence-corrected chi connectivity index (χ3v) is 0.556. The number of hydrogen-bond donors (Lipinski definition) is 0. The molecule has 51 valence electrons. The average Bonchev–Trinajstić information content (AvgIpc) is 2.17. The smallest absolute Gasteiger partial charge is 0.115 e. The van der Waals surface area contributed by atoms with Crippen molar-refractivity contribution < 1.29 is 21.5 Å². The van der Waals surface area contributed by atoms with E-state index in [1.165, 1.54) is 0 Å². The topological polar surface area (TPSA) is 9.23 Å². The van der Waals surface area contributed by atoms with Gasteiger partial charge in [0.15, 0.2) is 0 Å². The molecule has 0 amide bonds. The van der Waals surface area contributed by atoms with E-state index in [-0.39, 0.29) is 18.6 Å². The molecule has 0 saturated carbocycles. The fraction of sp³-hybridized carbons (Fsp3) is 0. The van der Waals surface area contributed by atoms with Crippen molar-refractivity contribution in [3.63, 3.8) is 0 Å². The van der Waals surface area contributed by atoms with Gasteiger partial charge in [-0.3, -0.25) is 0 Å². The first-order valence-corrected chi connectivity index (χ1v) is 3.27. The van der Waals surface area contributed by atoms with Gasteiger partial charge in [0, 0.05) is 18.6 Å². The molecule has 1 radical (unpaired) electrons. The molecule has 0 unspecified atom stereocenters. The summed E-state index contributed by atoms with van der Waals surface area (Å²) in [5, 5.41) is 0. The maximum absolute atomic E-state index is 3.88. The maximum atomic E-state index is 3.88. The van der Waals surface area contributed by atoms with E-state index in [1.54, 1.807) is 0 Å². The molecule has 0 heterocycles. The Hall–Kier alpha value is 0.854. The van der Waals surface area contributed by atoms with Crippen LogP contribution in [-0.4, -0.2) is 0 Å². The Morgan fingerprint density at radius 3 is 1.56 bits per heavy atom. The minimum absolute atomic E-state index is 0. The molecule has 1 aromatic rings. The molecule has 0 aliphatic heterocycles. The predicted octanol–water partition coefficient (Wildman–Crippen LogP) is 3.03. The molecule has 4 heteroatoms. The molecular formula is C5H5Br2OV-. The van der Waals surface area contributed by atoms with Crippen LogP contribution in [0.15, 0.2) is 30.3 Å². The van der Waals surface area contributed by atoms with Crippen molar-refractivity contribution >= 4 is 32.5 Å². The SMILES string of the molecule is BrOBr.[V].c1cc[cH-]c1. The van der Waals surface area contributed by atoms with Gasteiger partial charge in [-0.05, 0) is 0 Å². The normalized spacial score (nSPS) is 6.44. The van der Waals surface area contributed by atoms with Gasteiger partial charge in [-0.1, -0.05) is 0 Å². The Balaban J connectivity index is 0. The Bertz CT molecular complexity index is 81.9. The van der Waals surface area contributed by atoms with Crippen molar-refractivity contribution in [1.82, 2.24) is 0 Å². The van der Waals surface area contributed by atoms with Gasteiger partial charge in [-0.2, -0.15) is 18.2 Å². The van der Waals surface area contributed by atoms with Crippen molar-refractivity contribution in [2.24, 2.45) is 0 Å². The summed E-state index contributed by atoms with van der Waals surface area (Å²) in [5.41, 5.74) is 0. The Morgan fingerprint density at radius 1 is 1.11 bits per heavy atom. The van der Waals surface area contributed by atoms with Gasteiger partial charge in [0.05, 0.1) is 0 Å². The molecule has 1 rings (SSSR count). The van der Waals surface area contributed by atoms with E-state index in [4.69, 9.17) is 0 Å². The van der Waals surface area contributed by atoms with Crippen LogP contribution in [0.2, 0.25) is 0 Å². The molecule has 0 aliphatic carbocycles. The first-order chi connectivity index (χ1) is 3.91. The van der Waals surface area contributed by atoms with Crippen molar-refractivity contribution in [1.29, 1.82) is 0 Å². The maximum Gasteiger partial charge on any atom is 0.115 e. The summed E-state index contributed by atoms with van der Waals surface area (Å²) in [7, 11) is 0. The van der Waals surface area contributed by atoms with Gasteiger partial charge in [0.2, 0.25) is 0 Å². The van der Waals surface area contributed by atoms with Crippen molar-refractivity contribution in [2.75, 3.05) is 0 Å². The first-order valence-electron chi connectivity index (χ1n) is 1.98. The van der Waals surface area contributed by atoms with Crippen LogP contribution < -0.4 is 0 Å². The molecular weight excluding hydrogens is 287 g/mol. The second kappa shape index (κ2) is 11.6. The third kappa shape index (κ3) is 12.1. The Labute approximate surface area is 83.9 Å². The van der Waals surface area contributed by atoms with Gasteiger partial charge in [0.1, 0.15) is 32.5 Å². The molecule has 9 heavy (non-hydrogen) atoms. The third-order valence-electron chi connectivity index (χ3n) is 0.556. The van der Waals surface area contributed by atoms with E-state index < -0.39 is 0 Å². The van der Waals surface area contributed by atoms with Crippen LogP contribution in [0, 0.1) is 0 Å². The molecule has 1 nitrogen and oxygen atoms in total. The van der Waals surface area contributed by atoms with Crippen LogP contribution in [0.1, 0.15) is 0 Å². The van der Waals surface area contributed by atoms with Crippen molar-refractivity contribution in [2.45, 2.75) is 0 Å². The van der Waals surface area contributed by atoms with Crippen LogP contribution >= 0.6 is 32.5 Å². The summed E-state index contributed by atoms with van der Waals surface area (Å²) in [6.07, 6.45) is 0. The molecule has 0 aliphatic rings. The number of hydrogen-bond acceptors (Lipinski definition) is 1. The van der Waals surface area contributed by atoms with Gasteiger partial charge < -0.3 is 0 Å². The van der Waals surface area contributed by atoms with E-state index in [0.717, 1.165) is 0 Å². The van der Waals surface area contributed by atoms with Crippen molar-refractivity contribution in [3.05, 3.63) is 30.3 Å². The van der Waals surface area contributed by atoms with E-state index in [0.29, 0.717) is 0 Å². The fourth-order valence-electron chi connectivity index (χ4n) is 0.321. The van der Waals surface area contributed by atoms with Gasteiger partial charge >= 0.3 is 0 Å². The van der Waals surface area contributed by atoms with Crippen LogP contribution in [-0.2, 0) is 21.5 Å². The molecule has 0 atom stereocenters. The average molecular weight is 292 g/mol. The second-order valence-corrected chi connectivity index (χ2v) is 2.54. The molecule has 0 bridgehead atoms. The summed E-state index contributed by atoms with van der Waals surface area (Å²) < 4.78 is 3.88. The largest absolute Gasteiger partial charge is 0.230 e. The van der Waals surface area contributed by atoms with Gasteiger partial charge in [-0.25, -0.2) is 15.1 Å². The summed E-state index contributed by atoms with van der Waals surface area (Å²) in [6, 6.07) is 10.0. The van der Waals surface area contributed by atoms with E-state index >= 15 is 0 Å². The molecule has 0 saturated heterocycles. The minimum atomic E-state index is 0. The van der Waals surface area contributed by atoms with Crippen LogP contribution in [0.4, 0.5) is 0 Å². The van der Waals surface area contributed by atoms with Gasteiger partial charge in [0.25, 0.3) is 0 Å². The standard InChI is InChI=1S/C5H5.Br2O.V/c1-2-4-5-3-1;1-3-2;/h1-5H;;/q-1;;. The van der Waals surface area contributed by atoms with Crippen LogP contribution in [0.5, 0.6) is 0 Å². The molecule has 0 N–H and O–H groups in total. The van der Waals surface area contributed by atoms with E-state index in [1.807, 2.05) is 30.3 Å². The number of rotatable bonds is 0. The first kappa shape index (κ1) is 12.5. The second-order valence-electron chi connectivity index (χ2n) is 1.02. The predicted molar refractivity (Wildman–Crippen MR) is 41.0 cm³/mol. The Kier molecular flexibility index (Phi) is 16.2. The monoisotopic (exact) mass is 290 g/mol. The Morgan fingerprint density at radius 2 is 1.44 bits per heavy atom. The zero-order valence-corrected chi connectivity index (χ0v) is 9.07. The van der Waals surface area contributed by atoms with Crippen LogP contribution in [0.25, 0.3) is 0 Å². The summed E-state index contributed by atoms with van der Waals surface area (Å²) in [5.74, 6) is 0. The fourth-order valence-corrected chi connectivity index (χ4v) is 0.321. The minimum Gasteiger partial charge on any atom is -0.230 e. The van der Waals surface area contributed by atoms with Crippen molar-refractivity contribution in [3.8, 4) is 0 Å². The molecule has 0 spiro atoms. The molecule has 0 aromatic heterocycles. The van der Waals surface area contributed by atoms with E-state index in [2.05, 4.69) is 35.4 Å². The molecule has 0 fully saturated rings. The molecule has 1 aromatic carbocycles. The van der Waals surface area contributed by atoms with Gasteiger partial charge in [-0.15, -0.1) is 0 Å². The summed E-state index contributed by atoms with van der Waals surface area (Å²) >= 11 is 5.12. The van der Waals surface area contributed by atoms with E-state index in [9.17, 15) is 0 Å². The zero-order chi connectivity index (χ0) is 6.24.